The predicted molar refractivity (Wildman–Crippen MR) is 68.4 cm³/mol. The van der Waals surface area contributed by atoms with E-state index in [0.29, 0.717) is 6.54 Å². The van der Waals surface area contributed by atoms with Crippen molar-refractivity contribution in [3.05, 3.63) is 58.2 Å². The van der Waals surface area contributed by atoms with Gasteiger partial charge in [-0.2, -0.15) is 0 Å². The van der Waals surface area contributed by atoms with Gasteiger partial charge in [-0.25, -0.2) is 4.98 Å². The minimum Gasteiger partial charge on any atom is -0.394 e. The third-order valence-electron chi connectivity index (χ3n) is 2.82. The lowest BCUT2D eigenvalue weighted by molar-refractivity contribution is -0.384. The van der Waals surface area contributed by atoms with Crippen molar-refractivity contribution in [2.45, 2.75) is 12.6 Å². The first-order valence-corrected chi connectivity index (χ1v) is 5.71. The number of aliphatic hydroxyl groups is 1. The van der Waals surface area contributed by atoms with Crippen LogP contribution in [0.15, 0.2) is 36.8 Å². The van der Waals surface area contributed by atoms with Crippen molar-refractivity contribution in [2.75, 3.05) is 6.61 Å². The highest BCUT2D eigenvalue weighted by atomic mass is 16.6. The van der Waals surface area contributed by atoms with Crippen LogP contribution in [0.2, 0.25) is 0 Å². The Morgan fingerprint density at radius 2 is 2.11 bits per heavy atom. The number of imidazole rings is 1. The van der Waals surface area contributed by atoms with Gasteiger partial charge < -0.3 is 15.4 Å². The van der Waals surface area contributed by atoms with Gasteiger partial charge in [0.2, 0.25) is 0 Å². The molecule has 2 rings (SSSR count). The van der Waals surface area contributed by atoms with Crippen molar-refractivity contribution in [2.24, 2.45) is 5.73 Å². The molecule has 0 amide bonds. The Morgan fingerprint density at radius 1 is 1.42 bits per heavy atom. The number of hydrogen-bond donors (Lipinski definition) is 2. The van der Waals surface area contributed by atoms with Crippen LogP contribution in [0.1, 0.15) is 17.3 Å². The van der Waals surface area contributed by atoms with E-state index < -0.39 is 11.0 Å². The maximum absolute atomic E-state index is 10.6. The highest BCUT2D eigenvalue weighted by Gasteiger charge is 2.11. The molecular formula is C12H14N4O3. The van der Waals surface area contributed by atoms with Crippen molar-refractivity contribution in [1.82, 2.24) is 9.55 Å². The van der Waals surface area contributed by atoms with Crippen LogP contribution >= 0.6 is 0 Å². The number of nitrogens with two attached hydrogens (primary N) is 1. The molecule has 7 heteroatoms. The number of aromatic nitrogens is 2. The lowest BCUT2D eigenvalue weighted by Gasteiger charge is -2.12. The van der Waals surface area contributed by atoms with E-state index in [-0.39, 0.29) is 12.3 Å². The number of hydrogen-bond acceptors (Lipinski definition) is 5. The second kappa shape index (κ2) is 5.59. The first kappa shape index (κ1) is 13.2. The maximum Gasteiger partial charge on any atom is 0.269 e. The topological polar surface area (TPSA) is 107 Å². The Bertz CT molecular complexity index is 565. The molecule has 1 unspecified atom stereocenters. The van der Waals surface area contributed by atoms with E-state index in [1.165, 1.54) is 12.1 Å². The van der Waals surface area contributed by atoms with Gasteiger partial charge in [0.1, 0.15) is 0 Å². The molecule has 7 nitrogen and oxygen atoms in total. The lowest BCUT2D eigenvalue weighted by Crippen LogP contribution is -2.19. The second-order valence-corrected chi connectivity index (χ2v) is 4.16. The van der Waals surface area contributed by atoms with Gasteiger partial charge in [0, 0.05) is 24.9 Å². The van der Waals surface area contributed by atoms with Gasteiger partial charge in [-0.1, -0.05) is 12.1 Å². The average molecular weight is 262 g/mol. The van der Waals surface area contributed by atoms with Gasteiger partial charge in [-0.15, -0.1) is 0 Å². The molecule has 1 heterocycles. The largest absolute Gasteiger partial charge is 0.394 e. The Labute approximate surface area is 109 Å². The number of aliphatic hydroxyl groups excluding tert-OH is 1. The Balaban J connectivity index is 2.17. The van der Waals surface area contributed by atoms with E-state index in [1.54, 1.807) is 24.7 Å². The molecule has 0 saturated heterocycles. The van der Waals surface area contributed by atoms with E-state index in [4.69, 9.17) is 10.8 Å². The number of rotatable bonds is 5. The SMILES string of the molecule is NC(CO)c1cncn1Cc1ccc([N+](=O)[O-])cc1. The highest BCUT2D eigenvalue weighted by Crippen LogP contribution is 2.15. The summed E-state index contributed by atoms with van der Waals surface area (Å²) in [6, 6.07) is 5.80. The van der Waals surface area contributed by atoms with Crippen molar-refractivity contribution in [3.63, 3.8) is 0 Å². The standard InChI is InChI=1S/C12H14N4O3/c13-11(7-17)12-5-14-8-15(12)6-9-1-3-10(4-2-9)16(18)19/h1-5,8,11,17H,6-7,13H2. The van der Waals surface area contributed by atoms with E-state index in [2.05, 4.69) is 4.98 Å². The Kier molecular flexibility index (Phi) is 3.88. The van der Waals surface area contributed by atoms with Crippen molar-refractivity contribution < 1.29 is 10.0 Å². The molecule has 0 bridgehead atoms. The van der Waals surface area contributed by atoms with Crippen molar-refractivity contribution in [1.29, 1.82) is 0 Å². The van der Waals surface area contributed by atoms with Crippen LogP contribution in [0.4, 0.5) is 5.69 Å². The summed E-state index contributed by atoms with van der Waals surface area (Å²) in [5, 5.41) is 19.6. The zero-order valence-electron chi connectivity index (χ0n) is 10.1. The predicted octanol–water partition coefficient (Wildman–Crippen LogP) is 0.832. The highest BCUT2D eigenvalue weighted by molar-refractivity contribution is 5.33. The van der Waals surface area contributed by atoms with Gasteiger partial charge >= 0.3 is 0 Å². The molecule has 100 valence electrons. The molecule has 2 aromatic rings. The molecule has 3 N–H and O–H groups in total. The minimum absolute atomic E-state index is 0.0571. The fourth-order valence-corrected chi connectivity index (χ4v) is 1.79. The quantitative estimate of drug-likeness (QED) is 0.613. The molecule has 1 aromatic carbocycles. The molecule has 0 aliphatic heterocycles. The van der Waals surface area contributed by atoms with Crippen LogP contribution in [0, 0.1) is 10.1 Å². The third kappa shape index (κ3) is 2.95. The van der Waals surface area contributed by atoms with E-state index in [9.17, 15) is 10.1 Å². The van der Waals surface area contributed by atoms with Gasteiger partial charge in [-0.05, 0) is 5.56 Å². The smallest absolute Gasteiger partial charge is 0.269 e. The number of nitro benzene ring substituents is 1. The normalized spacial score (nSPS) is 12.3. The summed E-state index contributed by atoms with van der Waals surface area (Å²) in [5.74, 6) is 0. The van der Waals surface area contributed by atoms with Gasteiger partial charge in [0.25, 0.3) is 5.69 Å². The van der Waals surface area contributed by atoms with Crippen LogP contribution in [0.3, 0.4) is 0 Å². The van der Waals surface area contributed by atoms with Crippen LogP contribution in [-0.4, -0.2) is 26.2 Å². The molecule has 1 atom stereocenters. The molecule has 0 saturated carbocycles. The summed E-state index contributed by atoms with van der Waals surface area (Å²) in [4.78, 5) is 14.1. The Morgan fingerprint density at radius 3 is 2.68 bits per heavy atom. The minimum atomic E-state index is -0.486. The van der Waals surface area contributed by atoms with Crippen LogP contribution < -0.4 is 5.73 Å². The number of non-ortho nitro benzene ring substituents is 1. The summed E-state index contributed by atoms with van der Waals surface area (Å²) >= 11 is 0. The van der Waals surface area contributed by atoms with Gasteiger partial charge in [0.05, 0.1) is 29.6 Å². The van der Waals surface area contributed by atoms with Gasteiger partial charge in [-0.3, -0.25) is 10.1 Å². The molecule has 1 aromatic heterocycles. The number of benzene rings is 1. The third-order valence-corrected chi connectivity index (χ3v) is 2.82. The molecule has 0 aliphatic carbocycles. The molecule has 0 fully saturated rings. The zero-order chi connectivity index (χ0) is 13.8. The lowest BCUT2D eigenvalue weighted by atomic mass is 10.2. The average Bonchev–Trinajstić information content (AvgIpc) is 2.86. The summed E-state index contributed by atoms with van der Waals surface area (Å²) in [6.45, 7) is 0.340. The number of nitrogens with zero attached hydrogens (tertiary/aromatic N) is 3. The second-order valence-electron chi connectivity index (χ2n) is 4.16. The van der Waals surface area contributed by atoms with E-state index >= 15 is 0 Å². The first-order valence-electron chi connectivity index (χ1n) is 5.71. The molecular weight excluding hydrogens is 248 g/mol. The van der Waals surface area contributed by atoms with Crippen LogP contribution in [0.25, 0.3) is 0 Å². The molecule has 0 radical (unpaired) electrons. The summed E-state index contributed by atoms with van der Waals surface area (Å²) in [6.07, 6.45) is 3.22. The van der Waals surface area contributed by atoms with Gasteiger partial charge in [0.15, 0.2) is 0 Å². The monoisotopic (exact) mass is 262 g/mol. The van der Waals surface area contributed by atoms with Crippen molar-refractivity contribution in [3.8, 4) is 0 Å². The first-order chi connectivity index (χ1) is 9.11. The van der Waals surface area contributed by atoms with Crippen LogP contribution in [0.5, 0.6) is 0 Å². The fraction of sp³-hybridized carbons (Fsp3) is 0.250. The van der Waals surface area contributed by atoms with Crippen molar-refractivity contribution >= 4 is 5.69 Å². The maximum atomic E-state index is 10.6. The summed E-state index contributed by atoms with van der Waals surface area (Å²) in [7, 11) is 0. The van der Waals surface area contributed by atoms with Crippen LogP contribution in [-0.2, 0) is 6.54 Å². The summed E-state index contributed by atoms with van der Waals surface area (Å²) < 4.78 is 1.81. The Hall–Kier alpha value is -2.25. The van der Waals surface area contributed by atoms with E-state index in [0.717, 1.165) is 11.3 Å². The molecule has 19 heavy (non-hydrogen) atoms. The summed E-state index contributed by atoms with van der Waals surface area (Å²) in [5.41, 5.74) is 7.44. The number of nitro groups is 1. The van der Waals surface area contributed by atoms with E-state index in [1.807, 2.05) is 4.57 Å². The zero-order valence-corrected chi connectivity index (χ0v) is 10.1. The molecule has 0 aliphatic rings. The molecule has 0 spiro atoms. The fourth-order valence-electron chi connectivity index (χ4n) is 1.79.